The third-order valence-electron chi connectivity index (χ3n) is 4.97. The summed E-state index contributed by atoms with van der Waals surface area (Å²) in [4.78, 5) is 20.0. The van der Waals surface area contributed by atoms with E-state index in [9.17, 15) is 13.6 Å². The normalized spacial score (nSPS) is 17.5. The highest BCUT2D eigenvalue weighted by Crippen LogP contribution is 2.39. The van der Waals surface area contributed by atoms with Crippen LogP contribution in [0.5, 0.6) is 0 Å². The van der Waals surface area contributed by atoms with Crippen molar-refractivity contribution in [2.24, 2.45) is 10.1 Å². The minimum absolute atomic E-state index is 0.0718. The number of benzene rings is 1. The number of rotatable bonds is 4. The van der Waals surface area contributed by atoms with E-state index in [2.05, 4.69) is 21.1 Å². The Kier molecular flexibility index (Phi) is 4.82. The molecule has 2 aliphatic rings. The molecule has 1 amide bonds. The molecule has 1 aliphatic carbocycles. The molecule has 2 heterocycles. The predicted molar refractivity (Wildman–Crippen MR) is 108 cm³/mol. The number of aliphatic imine (C=N–C) groups is 1. The summed E-state index contributed by atoms with van der Waals surface area (Å²) in [5.41, 5.74) is 3.79. The lowest BCUT2D eigenvalue weighted by Crippen LogP contribution is -2.28. The van der Waals surface area contributed by atoms with Crippen LogP contribution < -0.4 is 0 Å². The van der Waals surface area contributed by atoms with Crippen LogP contribution in [0.15, 0.2) is 46.6 Å². The average molecular weight is 406 g/mol. The number of halogens is 2. The molecule has 1 saturated carbocycles. The Morgan fingerprint density at radius 1 is 1.30 bits per heavy atom. The highest BCUT2D eigenvalue weighted by molar-refractivity contribution is 6.46. The van der Waals surface area contributed by atoms with Crippen LogP contribution in [0.25, 0.3) is 0 Å². The molecule has 8 heteroatoms. The number of pyridine rings is 1. The molecular weight excluding hydrogens is 388 g/mol. The number of hydrazone groups is 1. The Hall–Kier alpha value is -3.60. The van der Waals surface area contributed by atoms with Gasteiger partial charge in [-0.25, -0.2) is 9.98 Å². The van der Waals surface area contributed by atoms with E-state index in [0.29, 0.717) is 41.1 Å². The minimum Gasteiger partial charge on any atom is -0.266 e. The lowest BCUT2D eigenvalue weighted by molar-refractivity contribution is -0.438. The first kappa shape index (κ1) is 19.7. The Balaban J connectivity index is 1.86. The number of amides is 1. The van der Waals surface area contributed by atoms with Crippen molar-refractivity contribution < 1.29 is 18.3 Å². The summed E-state index contributed by atoms with van der Waals surface area (Å²) in [6.45, 7) is 1.99. The second-order valence-electron chi connectivity index (χ2n) is 7.43. The monoisotopic (exact) mass is 406 g/mol. The van der Waals surface area contributed by atoms with E-state index >= 15 is 0 Å². The molecule has 6 nitrogen and oxygen atoms in total. The van der Waals surface area contributed by atoms with Crippen LogP contribution in [0.3, 0.4) is 0 Å². The van der Waals surface area contributed by atoms with Gasteiger partial charge in [0.15, 0.2) is 0 Å². The molecule has 0 bridgehead atoms. The maximum absolute atomic E-state index is 13.4. The number of nitriles is 1. The van der Waals surface area contributed by atoms with Gasteiger partial charge in [0, 0.05) is 19.2 Å². The van der Waals surface area contributed by atoms with Crippen molar-refractivity contribution in [2.75, 3.05) is 0 Å². The van der Waals surface area contributed by atoms with Gasteiger partial charge in [-0.1, -0.05) is 6.07 Å². The molecule has 0 N–H and O–H groups in total. The Morgan fingerprint density at radius 2 is 2.07 bits per heavy atom. The summed E-state index contributed by atoms with van der Waals surface area (Å²) >= 11 is 0. The SMILES string of the molecule is CC(=NC(=O)C(C)(F)F)/C(c1ccc(C2CC2)cn1)=[N+]1\N=Cc2cc(C#N)ccc21. The maximum Gasteiger partial charge on any atom is 0.324 e. The quantitative estimate of drug-likeness (QED) is 0.569. The van der Waals surface area contributed by atoms with Gasteiger partial charge in [0.25, 0.3) is 5.71 Å². The number of hydrogen-bond donors (Lipinski definition) is 0. The molecule has 0 atom stereocenters. The minimum atomic E-state index is -3.58. The molecule has 1 aromatic carbocycles. The predicted octanol–water partition coefficient (Wildman–Crippen LogP) is 3.95. The van der Waals surface area contributed by atoms with E-state index < -0.39 is 11.8 Å². The van der Waals surface area contributed by atoms with Gasteiger partial charge < -0.3 is 0 Å². The number of hydrogen-bond acceptors (Lipinski definition) is 4. The fourth-order valence-electron chi connectivity index (χ4n) is 3.23. The molecule has 150 valence electrons. The second-order valence-corrected chi connectivity index (χ2v) is 7.43. The maximum atomic E-state index is 13.4. The molecule has 2 aromatic rings. The second kappa shape index (κ2) is 7.34. The van der Waals surface area contributed by atoms with Crippen LogP contribution in [-0.2, 0) is 4.79 Å². The van der Waals surface area contributed by atoms with Gasteiger partial charge in [-0.2, -0.15) is 14.0 Å². The summed E-state index contributed by atoms with van der Waals surface area (Å²) in [6, 6.07) is 10.8. The standard InChI is InChI=1S/C22H18F2N5O/c1-13(28-21(30)22(2,23)24)20(18-7-6-16(11-26-18)15-4-5-15)29-19-8-3-14(10-25)9-17(19)12-27-29/h3,6-9,11-12,15H,4-5H2,1-2H3/q+1/b28-13?,29-20+. The fourth-order valence-corrected chi connectivity index (χ4v) is 3.23. The number of carbonyl (C=O) groups excluding carboxylic acids is 1. The van der Waals surface area contributed by atoms with Gasteiger partial charge in [-0.3, -0.25) is 4.79 Å². The van der Waals surface area contributed by atoms with Crippen molar-refractivity contribution in [1.82, 2.24) is 4.98 Å². The first-order chi connectivity index (χ1) is 14.3. The third-order valence-corrected chi connectivity index (χ3v) is 4.97. The van der Waals surface area contributed by atoms with Gasteiger partial charge in [-0.15, -0.1) is 0 Å². The topological polar surface area (TPSA) is 81.5 Å². The van der Waals surface area contributed by atoms with Crippen molar-refractivity contribution in [3.05, 3.63) is 58.9 Å². The Labute approximate surface area is 171 Å². The molecular formula is C22H18F2N5O+. The third kappa shape index (κ3) is 3.79. The van der Waals surface area contributed by atoms with Gasteiger partial charge in [0.2, 0.25) is 5.69 Å². The van der Waals surface area contributed by atoms with E-state index in [4.69, 9.17) is 5.26 Å². The smallest absolute Gasteiger partial charge is 0.266 e. The highest BCUT2D eigenvalue weighted by Gasteiger charge is 2.35. The van der Waals surface area contributed by atoms with Crippen LogP contribution in [0.1, 0.15) is 55.0 Å². The Bertz CT molecular complexity index is 1160. The van der Waals surface area contributed by atoms with Crippen LogP contribution in [0, 0.1) is 11.3 Å². The molecule has 1 fully saturated rings. The summed E-state index contributed by atoms with van der Waals surface area (Å²) in [7, 11) is 0. The lowest BCUT2D eigenvalue weighted by Gasteiger charge is -2.07. The zero-order valence-electron chi connectivity index (χ0n) is 16.4. The molecule has 0 spiro atoms. The molecule has 1 aliphatic heterocycles. The average Bonchev–Trinajstić information content (AvgIpc) is 3.49. The highest BCUT2D eigenvalue weighted by atomic mass is 19.3. The van der Waals surface area contributed by atoms with Crippen molar-refractivity contribution in [3.63, 3.8) is 0 Å². The van der Waals surface area contributed by atoms with Crippen LogP contribution >= 0.6 is 0 Å². The lowest BCUT2D eigenvalue weighted by atomic mass is 10.1. The van der Waals surface area contributed by atoms with E-state index in [-0.39, 0.29) is 5.71 Å². The van der Waals surface area contributed by atoms with Crippen molar-refractivity contribution in [3.8, 4) is 6.07 Å². The van der Waals surface area contributed by atoms with E-state index in [1.54, 1.807) is 36.7 Å². The van der Waals surface area contributed by atoms with E-state index in [1.165, 1.54) is 11.6 Å². The van der Waals surface area contributed by atoms with Crippen molar-refractivity contribution in [1.29, 1.82) is 5.26 Å². The number of nitrogens with zero attached hydrogens (tertiary/aromatic N) is 5. The Morgan fingerprint density at radius 3 is 2.67 bits per heavy atom. The van der Waals surface area contributed by atoms with Gasteiger partial charge in [0.1, 0.15) is 17.6 Å². The number of aromatic nitrogens is 1. The van der Waals surface area contributed by atoms with Gasteiger partial charge in [-0.05, 0) is 59.2 Å². The fraction of sp³-hybridized carbons (Fsp3) is 0.273. The van der Waals surface area contributed by atoms with E-state index in [0.717, 1.165) is 18.4 Å². The number of carbonyl (C=O) groups is 1. The molecule has 0 radical (unpaired) electrons. The first-order valence-electron chi connectivity index (χ1n) is 9.47. The molecule has 30 heavy (non-hydrogen) atoms. The zero-order chi connectivity index (χ0) is 21.5. The molecule has 0 saturated heterocycles. The van der Waals surface area contributed by atoms with Crippen LogP contribution in [-0.4, -0.2) is 39.1 Å². The van der Waals surface area contributed by atoms with Crippen LogP contribution in [0.4, 0.5) is 14.5 Å². The largest absolute Gasteiger partial charge is 0.324 e. The zero-order valence-corrected chi connectivity index (χ0v) is 16.4. The summed E-state index contributed by atoms with van der Waals surface area (Å²) < 4.78 is 28.4. The first-order valence-corrected chi connectivity index (χ1v) is 9.47. The summed E-state index contributed by atoms with van der Waals surface area (Å²) in [5.74, 6) is -4.60. The van der Waals surface area contributed by atoms with Crippen molar-refractivity contribution in [2.45, 2.75) is 38.5 Å². The number of fused-ring (bicyclic) bond motifs is 1. The van der Waals surface area contributed by atoms with Crippen LogP contribution in [0.2, 0.25) is 0 Å². The molecule has 1 aromatic heterocycles. The summed E-state index contributed by atoms with van der Waals surface area (Å²) in [5, 5.41) is 13.5. The summed E-state index contributed by atoms with van der Waals surface area (Å²) in [6.07, 6.45) is 5.58. The van der Waals surface area contributed by atoms with Crippen molar-refractivity contribution >= 4 is 29.2 Å². The molecule has 0 unspecified atom stereocenters. The van der Waals surface area contributed by atoms with Gasteiger partial charge >= 0.3 is 11.8 Å². The van der Waals surface area contributed by atoms with E-state index in [1.807, 2.05) is 6.07 Å². The van der Waals surface area contributed by atoms with Gasteiger partial charge in [0.05, 0.1) is 17.2 Å². The molecule has 4 rings (SSSR count). The number of alkyl halides is 2.